The maximum absolute atomic E-state index is 12.8. The van der Waals surface area contributed by atoms with Crippen molar-refractivity contribution in [2.75, 3.05) is 5.32 Å². The minimum Gasteiger partial charge on any atom is -0.480 e. The minimum absolute atomic E-state index is 0.132. The van der Waals surface area contributed by atoms with E-state index < -0.39 is 23.9 Å². The molecule has 100 valence electrons. The van der Waals surface area contributed by atoms with Gasteiger partial charge in [-0.05, 0) is 34.1 Å². The van der Waals surface area contributed by atoms with Gasteiger partial charge in [-0.15, -0.1) is 12.3 Å². The summed E-state index contributed by atoms with van der Waals surface area (Å²) in [5.74, 6) is 0.460. The fraction of sp³-hybridized carbons (Fsp3) is 0.167. The Hall–Kier alpha value is -2.07. The van der Waals surface area contributed by atoms with Crippen LogP contribution in [0.1, 0.15) is 6.42 Å². The molecule has 0 radical (unpaired) electrons. The largest absolute Gasteiger partial charge is 0.480 e. The van der Waals surface area contributed by atoms with Crippen molar-refractivity contribution in [2.24, 2.45) is 0 Å². The zero-order chi connectivity index (χ0) is 14.4. The average Bonchev–Trinajstić information content (AvgIpc) is 2.32. The maximum Gasteiger partial charge on any atom is 0.327 e. The van der Waals surface area contributed by atoms with E-state index >= 15 is 0 Å². The molecule has 0 aliphatic carbocycles. The lowest BCUT2D eigenvalue weighted by Gasteiger charge is -2.13. The Kier molecular flexibility index (Phi) is 5.33. The molecule has 7 heteroatoms. The lowest BCUT2D eigenvalue weighted by molar-refractivity contribution is -0.139. The quantitative estimate of drug-likeness (QED) is 0.741. The number of urea groups is 1. The summed E-state index contributed by atoms with van der Waals surface area (Å²) in [7, 11) is 0. The normalized spacial score (nSPS) is 11.2. The van der Waals surface area contributed by atoms with Crippen molar-refractivity contribution in [3.05, 3.63) is 28.5 Å². The number of terminal acetylenes is 1. The summed E-state index contributed by atoms with van der Waals surface area (Å²) in [5, 5.41) is 13.4. The molecule has 2 amide bonds. The van der Waals surface area contributed by atoms with Crippen LogP contribution in [-0.4, -0.2) is 23.1 Å². The molecule has 0 heterocycles. The highest BCUT2D eigenvalue weighted by molar-refractivity contribution is 9.10. The Morgan fingerprint density at radius 2 is 2.21 bits per heavy atom. The second-order valence-corrected chi connectivity index (χ2v) is 4.38. The molecule has 0 bridgehead atoms. The van der Waals surface area contributed by atoms with Gasteiger partial charge >= 0.3 is 12.0 Å². The van der Waals surface area contributed by atoms with Crippen LogP contribution in [0.25, 0.3) is 0 Å². The minimum atomic E-state index is -1.23. The zero-order valence-electron chi connectivity index (χ0n) is 9.61. The van der Waals surface area contributed by atoms with Crippen molar-refractivity contribution in [3.8, 4) is 12.3 Å². The molecule has 0 spiro atoms. The number of amides is 2. The van der Waals surface area contributed by atoms with E-state index in [4.69, 9.17) is 11.5 Å². The number of aliphatic carboxylic acids is 1. The highest BCUT2D eigenvalue weighted by Crippen LogP contribution is 2.22. The van der Waals surface area contributed by atoms with Gasteiger partial charge in [0, 0.05) is 10.9 Å². The molecule has 1 atom stereocenters. The van der Waals surface area contributed by atoms with Crippen LogP contribution in [0, 0.1) is 18.2 Å². The van der Waals surface area contributed by atoms with E-state index in [1.165, 1.54) is 12.1 Å². The first kappa shape index (κ1) is 15.0. The predicted molar refractivity (Wildman–Crippen MR) is 71.1 cm³/mol. The number of hydrogen-bond acceptors (Lipinski definition) is 2. The Bertz CT molecular complexity index is 542. The molecule has 1 aromatic rings. The van der Waals surface area contributed by atoms with Gasteiger partial charge in [-0.2, -0.15) is 0 Å². The first-order valence-corrected chi connectivity index (χ1v) is 5.92. The van der Waals surface area contributed by atoms with E-state index in [9.17, 15) is 14.0 Å². The summed E-state index contributed by atoms with van der Waals surface area (Å²) in [6, 6.07) is 1.76. The second-order valence-electron chi connectivity index (χ2n) is 3.52. The summed E-state index contributed by atoms with van der Waals surface area (Å²) in [5.41, 5.74) is 0.309. The number of carbonyl (C=O) groups excluding carboxylic acids is 1. The van der Waals surface area contributed by atoms with Gasteiger partial charge in [0.1, 0.15) is 11.9 Å². The molecule has 0 aliphatic heterocycles. The van der Waals surface area contributed by atoms with E-state index in [1.54, 1.807) is 0 Å². The smallest absolute Gasteiger partial charge is 0.327 e. The van der Waals surface area contributed by atoms with Crippen LogP contribution in [0.2, 0.25) is 0 Å². The van der Waals surface area contributed by atoms with Crippen molar-refractivity contribution >= 4 is 33.6 Å². The summed E-state index contributed by atoms with van der Waals surface area (Å²) < 4.78 is 13.2. The molecule has 19 heavy (non-hydrogen) atoms. The molecule has 1 unspecified atom stereocenters. The number of anilines is 1. The molecule has 0 aliphatic rings. The lowest BCUT2D eigenvalue weighted by atomic mass is 10.2. The fourth-order valence-corrected chi connectivity index (χ4v) is 1.68. The van der Waals surface area contributed by atoms with Crippen LogP contribution in [-0.2, 0) is 4.79 Å². The van der Waals surface area contributed by atoms with E-state index in [1.807, 2.05) is 0 Å². The van der Waals surface area contributed by atoms with Crippen LogP contribution < -0.4 is 10.6 Å². The monoisotopic (exact) mass is 328 g/mol. The summed E-state index contributed by atoms with van der Waals surface area (Å²) in [6.45, 7) is 0. The Morgan fingerprint density at radius 1 is 1.53 bits per heavy atom. The molecule has 0 saturated heterocycles. The number of carbonyl (C=O) groups is 2. The third kappa shape index (κ3) is 4.60. The third-order valence-corrected chi connectivity index (χ3v) is 2.76. The lowest BCUT2D eigenvalue weighted by Crippen LogP contribution is -2.42. The number of benzene rings is 1. The number of carboxylic acids is 1. The van der Waals surface area contributed by atoms with Crippen molar-refractivity contribution in [3.63, 3.8) is 0 Å². The van der Waals surface area contributed by atoms with Crippen molar-refractivity contribution in [1.82, 2.24) is 5.32 Å². The summed E-state index contributed by atoms with van der Waals surface area (Å²) >= 11 is 3.07. The topological polar surface area (TPSA) is 78.4 Å². The Labute approximate surface area is 117 Å². The van der Waals surface area contributed by atoms with E-state index in [0.717, 1.165) is 6.07 Å². The second kappa shape index (κ2) is 6.75. The van der Waals surface area contributed by atoms with E-state index in [2.05, 4.69) is 32.5 Å². The van der Waals surface area contributed by atoms with Crippen molar-refractivity contribution in [1.29, 1.82) is 0 Å². The third-order valence-electron chi connectivity index (χ3n) is 2.10. The van der Waals surface area contributed by atoms with Gasteiger partial charge < -0.3 is 15.7 Å². The first-order valence-electron chi connectivity index (χ1n) is 5.13. The van der Waals surface area contributed by atoms with Gasteiger partial charge in [-0.25, -0.2) is 14.0 Å². The number of carboxylic acid groups (broad SMARTS) is 1. The predicted octanol–water partition coefficient (Wildman–Crippen LogP) is 2.19. The summed E-state index contributed by atoms with van der Waals surface area (Å²) in [6.07, 6.45) is 4.87. The highest BCUT2D eigenvalue weighted by atomic mass is 79.9. The van der Waals surface area contributed by atoms with Gasteiger partial charge in [-0.3, -0.25) is 0 Å². The number of nitrogens with one attached hydrogen (secondary N) is 2. The highest BCUT2D eigenvalue weighted by Gasteiger charge is 2.19. The average molecular weight is 329 g/mol. The van der Waals surface area contributed by atoms with Crippen molar-refractivity contribution < 1.29 is 19.1 Å². The standard InChI is InChI=1S/C12H10BrFN2O3/c1-2-3-10(11(17)18)16-12(19)15-9-5-4-7(14)6-8(9)13/h1,4-6,10H,3H2,(H,17,18)(H2,15,16,19). The number of halogens is 2. The maximum atomic E-state index is 12.8. The molecule has 1 aromatic carbocycles. The van der Waals surface area contributed by atoms with Gasteiger partial charge in [-0.1, -0.05) is 0 Å². The number of hydrogen-bond donors (Lipinski definition) is 3. The van der Waals surface area contributed by atoms with Crippen LogP contribution in [0.5, 0.6) is 0 Å². The summed E-state index contributed by atoms with van der Waals surface area (Å²) in [4.78, 5) is 22.4. The molecular formula is C12H10BrFN2O3. The Balaban J connectivity index is 2.69. The van der Waals surface area contributed by atoms with Gasteiger partial charge in [0.2, 0.25) is 0 Å². The van der Waals surface area contributed by atoms with Crippen LogP contribution in [0.4, 0.5) is 14.9 Å². The molecule has 0 fully saturated rings. The SMILES string of the molecule is C#CCC(NC(=O)Nc1ccc(F)cc1Br)C(=O)O. The van der Waals surface area contributed by atoms with Crippen LogP contribution in [0.15, 0.2) is 22.7 Å². The molecule has 0 aromatic heterocycles. The fourth-order valence-electron chi connectivity index (χ4n) is 1.23. The van der Waals surface area contributed by atoms with Crippen molar-refractivity contribution in [2.45, 2.75) is 12.5 Å². The molecule has 0 saturated carbocycles. The zero-order valence-corrected chi connectivity index (χ0v) is 11.2. The molecule has 3 N–H and O–H groups in total. The molecular weight excluding hydrogens is 319 g/mol. The van der Waals surface area contributed by atoms with Gasteiger partial charge in [0.05, 0.1) is 5.69 Å². The van der Waals surface area contributed by atoms with Crippen LogP contribution >= 0.6 is 15.9 Å². The van der Waals surface area contributed by atoms with Gasteiger partial charge in [0.25, 0.3) is 0 Å². The van der Waals surface area contributed by atoms with Crippen LogP contribution in [0.3, 0.4) is 0 Å². The first-order chi connectivity index (χ1) is 8.93. The molecule has 1 rings (SSSR count). The Morgan fingerprint density at radius 3 is 2.74 bits per heavy atom. The van der Waals surface area contributed by atoms with E-state index in [-0.39, 0.29) is 6.42 Å². The van der Waals surface area contributed by atoms with E-state index in [0.29, 0.717) is 10.2 Å². The number of rotatable bonds is 4. The molecule has 5 nitrogen and oxygen atoms in total. The van der Waals surface area contributed by atoms with Gasteiger partial charge in [0.15, 0.2) is 0 Å².